The fourth-order valence-electron chi connectivity index (χ4n) is 2.60. The summed E-state index contributed by atoms with van der Waals surface area (Å²) in [4.78, 5) is 27.1. The van der Waals surface area contributed by atoms with Gasteiger partial charge in [-0.2, -0.15) is 0 Å². The molecule has 2 aromatic carbocycles. The van der Waals surface area contributed by atoms with Crippen LogP contribution in [0.2, 0.25) is 10.0 Å². The molecule has 5 nitrogen and oxygen atoms in total. The van der Waals surface area contributed by atoms with E-state index in [9.17, 15) is 9.59 Å². The lowest BCUT2D eigenvalue weighted by molar-refractivity contribution is -0.142. The van der Waals surface area contributed by atoms with Gasteiger partial charge in [-0.3, -0.25) is 9.59 Å². The summed E-state index contributed by atoms with van der Waals surface area (Å²) >= 11 is 11.8. The molecule has 0 aliphatic heterocycles. The lowest BCUT2D eigenvalue weighted by Gasteiger charge is -2.31. The number of carbonyl (C=O) groups is 2. The Morgan fingerprint density at radius 2 is 1.52 bits per heavy atom. The van der Waals surface area contributed by atoms with Gasteiger partial charge < -0.3 is 15.0 Å². The molecule has 0 bridgehead atoms. The van der Waals surface area contributed by atoms with Crippen molar-refractivity contribution in [2.45, 2.75) is 45.8 Å². The van der Waals surface area contributed by atoms with Crippen LogP contribution >= 0.6 is 23.2 Å². The second-order valence-corrected chi connectivity index (χ2v) is 8.68. The molecule has 29 heavy (non-hydrogen) atoms. The minimum Gasteiger partial charge on any atom is -0.484 e. The summed E-state index contributed by atoms with van der Waals surface area (Å²) in [6, 6.07) is 13.2. The minimum atomic E-state index is -0.675. The third-order valence-electron chi connectivity index (χ3n) is 4.11. The highest BCUT2D eigenvalue weighted by Crippen LogP contribution is 2.17. The third-order valence-corrected chi connectivity index (χ3v) is 4.61. The summed E-state index contributed by atoms with van der Waals surface area (Å²) in [6.07, 6.45) is 0. The van der Waals surface area contributed by atoms with E-state index in [1.165, 1.54) is 4.90 Å². The molecule has 0 aliphatic carbocycles. The maximum atomic E-state index is 12.9. The molecule has 0 fully saturated rings. The normalized spacial score (nSPS) is 12.2. The van der Waals surface area contributed by atoms with Gasteiger partial charge in [-0.25, -0.2) is 0 Å². The van der Waals surface area contributed by atoms with Gasteiger partial charge in [-0.05, 0) is 69.7 Å². The molecule has 0 saturated heterocycles. The van der Waals surface area contributed by atoms with Crippen LogP contribution in [0.4, 0.5) is 0 Å². The average molecular weight is 437 g/mol. The molecule has 1 atom stereocenters. The number of amides is 2. The molecular weight excluding hydrogens is 411 g/mol. The van der Waals surface area contributed by atoms with E-state index < -0.39 is 11.6 Å². The Morgan fingerprint density at radius 3 is 2.03 bits per heavy atom. The number of hydrogen-bond donors (Lipinski definition) is 1. The Labute approximate surface area is 181 Å². The molecule has 0 aromatic heterocycles. The Morgan fingerprint density at radius 1 is 1.00 bits per heavy atom. The lowest BCUT2D eigenvalue weighted by Crippen LogP contribution is -2.53. The fraction of sp³-hybridized carbons (Fsp3) is 0.364. The van der Waals surface area contributed by atoms with Crippen molar-refractivity contribution in [3.63, 3.8) is 0 Å². The topological polar surface area (TPSA) is 58.6 Å². The fourth-order valence-corrected chi connectivity index (χ4v) is 2.85. The first-order valence-corrected chi connectivity index (χ1v) is 10.0. The van der Waals surface area contributed by atoms with Crippen LogP contribution in [-0.4, -0.2) is 34.9 Å². The number of ether oxygens (including phenoxy) is 1. The van der Waals surface area contributed by atoms with Crippen molar-refractivity contribution in [3.05, 3.63) is 64.1 Å². The van der Waals surface area contributed by atoms with Gasteiger partial charge in [0, 0.05) is 22.1 Å². The minimum absolute atomic E-state index is 0.192. The first-order valence-electron chi connectivity index (χ1n) is 9.29. The monoisotopic (exact) mass is 436 g/mol. The van der Waals surface area contributed by atoms with Crippen LogP contribution in [0.3, 0.4) is 0 Å². The second kappa shape index (κ2) is 9.99. The highest BCUT2D eigenvalue weighted by Gasteiger charge is 2.28. The maximum Gasteiger partial charge on any atom is 0.261 e. The third kappa shape index (κ3) is 7.59. The van der Waals surface area contributed by atoms with Crippen LogP contribution in [0, 0.1) is 0 Å². The van der Waals surface area contributed by atoms with Crippen LogP contribution in [-0.2, 0) is 16.1 Å². The van der Waals surface area contributed by atoms with Crippen molar-refractivity contribution in [2.24, 2.45) is 0 Å². The maximum absolute atomic E-state index is 12.9. The van der Waals surface area contributed by atoms with Crippen molar-refractivity contribution >= 4 is 35.0 Å². The van der Waals surface area contributed by atoms with Crippen LogP contribution in [0.25, 0.3) is 0 Å². The van der Waals surface area contributed by atoms with E-state index in [0.717, 1.165) is 5.56 Å². The Bertz CT molecular complexity index is 831. The number of halogens is 2. The summed E-state index contributed by atoms with van der Waals surface area (Å²) in [6.45, 7) is 7.46. The molecule has 0 saturated carbocycles. The van der Waals surface area contributed by atoms with E-state index in [0.29, 0.717) is 15.8 Å². The number of hydrogen-bond acceptors (Lipinski definition) is 3. The molecule has 156 valence electrons. The van der Waals surface area contributed by atoms with E-state index in [-0.39, 0.29) is 25.0 Å². The van der Waals surface area contributed by atoms with Crippen molar-refractivity contribution in [2.75, 3.05) is 6.61 Å². The van der Waals surface area contributed by atoms with Crippen molar-refractivity contribution in [1.29, 1.82) is 0 Å². The molecule has 2 rings (SSSR count). The molecule has 0 unspecified atom stereocenters. The van der Waals surface area contributed by atoms with Gasteiger partial charge in [0.15, 0.2) is 6.61 Å². The zero-order valence-corrected chi connectivity index (χ0v) is 18.6. The van der Waals surface area contributed by atoms with Crippen LogP contribution < -0.4 is 10.1 Å². The molecule has 2 amide bonds. The summed E-state index contributed by atoms with van der Waals surface area (Å²) in [5.41, 5.74) is 0.463. The Kier molecular flexibility index (Phi) is 7.94. The molecule has 1 N–H and O–H groups in total. The molecule has 0 heterocycles. The van der Waals surface area contributed by atoms with E-state index in [1.807, 2.05) is 32.9 Å². The number of carbonyl (C=O) groups excluding carboxylic acids is 2. The van der Waals surface area contributed by atoms with Gasteiger partial charge in [-0.1, -0.05) is 35.3 Å². The van der Waals surface area contributed by atoms with Crippen LogP contribution in [0.5, 0.6) is 5.75 Å². The highest BCUT2D eigenvalue weighted by molar-refractivity contribution is 6.30. The van der Waals surface area contributed by atoms with Gasteiger partial charge in [0.05, 0.1) is 0 Å². The predicted octanol–water partition coefficient (Wildman–Crippen LogP) is 4.70. The van der Waals surface area contributed by atoms with E-state index in [1.54, 1.807) is 43.3 Å². The van der Waals surface area contributed by atoms with Crippen LogP contribution in [0.15, 0.2) is 48.5 Å². The van der Waals surface area contributed by atoms with Gasteiger partial charge in [-0.15, -0.1) is 0 Å². The van der Waals surface area contributed by atoms with Crippen molar-refractivity contribution in [1.82, 2.24) is 10.2 Å². The first-order chi connectivity index (χ1) is 13.5. The van der Waals surface area contributed by atoms with Crippen molar-refractivity contribution in [3.8, 4) is 5.75 Å². The summed E-state index contributed by atoms with van der Waals surface area (Å²) in [7, 11) is 0. The Hall–Kier alpha value is -2.24. The van der Waals surface area contributed by atoms with E-state index in [2.05, 4.69) is 5.32 Å². The SMILES string of the molecule is C[C@H](C(=O)NC(C)(C)C)N(Cc1ccc(Cl)cc1)C(=O)COc1ccc(Cl)cc1. The van der Waals surface area contributed by atoms with Gasteiger partial charge >= 0.3 is 0 Å². The number of nitrogens with one attached hydrogen (secondary N) is 1. The molecule has 0 aliphatic rings. The highest BCUT2D eigenvalue weighted by atomic mass is 35.5. The molecule has 0 spiro atoms. The number of rotatable bonds is 7. The zero-order chi connectivity index (χ0) is 21.6. The summed E-state index contributed by atoms with van der Waals surface area (Å²) < 4.78 is 5.59. The van der Waals surface area contributed by atoms with Gasteiger partial charge in [0.1, 0.15) is 11.8 Å². The van der Waals surface area contributed by atoms with E-state index >= 15 is 0 Å². The van der Waals surface area contributed by atoms with E-state index in [4.69, 9.17) is 27.9 Å². The molecule has 2 aromatic rings. The largest absolute Gasteiger partial charge is 0.484 e. The lowest BCUT2D eigenvalue weighted by atomic mass is 10.1. The van der Waals surface area contributed by atoms with Crippen LogP contribution in [0.1, 0.15) is 33.3 Å². The number of nitrogens with zero attached hydrogens (tertiary/aromatic N) is 1. The van der Waals surface area contributed by atoms with Gasteiger partial charge in [0.25, 0.3) is 5.91 Å². The smallest absolute Gasteiger partial charge is 0.261 e. The van der Waals surface area contributed by atoms with Crippen molar-refractivity contribution < 1.29 is 14.3 Å². The standard InChI is InChI=1S/C22H26Cl2N2O3/c1-15(21(28)25-22(2,3)4)26(13-16-5-7-17(23)8-6-16)20(27)14-29-19-11-9-18(24)10-12-19/h5-12,15H,13-14H2,1-4H3,(H,25,28)/t15-/m1/s1. The zero-order valence-electron chi connectivity index (χ0n) is 17.0. The summed E-state index contributed by atoms with van der Waals surface area (Å²) in [5.74, 6) is -0.00115. The molecule has 0 radical (unpaired) electrons. The second-order valence-electron chi connectivity index (χ2n) is 7.81. The van der Waals surface area contributed by atoms with Gasteiger partial charge in [0.2, 0.25) is 5.91 Å². The average Bonchev–Trinajstić information content (AvgIpc) is 2.65. The quantitative estimate of drug-likeness (QED) is 0.683. The summed E-state index contributed by atoms with van der Waals surface area (Å²) in [5, 5.41) is 4.11. The first kappa shape index (κ1) is 23.0. The molecular formula is C22H26Cl2N2O3. The Balaban J connectivity index is 2.15. The molecule has 7 heteroatoms. The predicted molar refractivity (Wildman–Crippen MR) is 116 cm³/mol. The number of benzene rings is 2.